The Morgan fingerprint density at radius 3 is 2.64 bits per heavy atom. The van der Waals surface area contributed by atoms with Crippen molar-refractivity contribution in [3.63, 3.8) is 0 Å². The van der Waals surface area contributed by atoms with Gasteiger partial charge >= 0.3 is 0 Å². The van der Waals surface area contributed by atoms with E-state index in [9.17, 15) is 0 Å². The van der Waals surface area contributed by atoms with Crippen molar-refractivity contribution in [1.82, 2.24) is 5.32 Å². The molecule has 1 fully saturated rings. The molecule has 2 heteroatoms. The Hall–Kier alpha value is -0.860. The summed E-state index contributed by atoms with van der Waals surface area (Å²) in [5, 5.41) is 12.3. The molecule has 1 aliphatic rings. The molecule has 0 amide bonds. The maximum atomic E-state index is 8.79. The molecule has 1 atom stereocenters. The third-order valence-corrected chi connectivity index (χ3v) is 2.84. The van der Waals surface area contributed by atoms with Gasteiger partial charge in [-0.15, -0.1) is 0 Å². The van der Waals surface area contributed by atoms with Gasteiger partial charge in [0, 0.05) is 12.6 Å². The van der Waals surface area contributed by atoms with Crippen molar-refractivity contribution in [2.24, 2.45) is 0 Å². The number of hydrogen-bond acceptors (Lipinski definition) is 2. The summed E-state index contributed by atoms with van der Waals surface area (Å²) in [6.07, 6.45) is 3.29. The van der Waals surface area contributed by atoms with Crippen molar-refractivity contribution >= 4 is 0 Å². The van der Waals surface area contributed by atoms with E-state index in [1.807, 2.05) is 0 Å². The molecule has 0 saturated carbocycles. The molecule has 1 saturated heterocycles. The quantitative estimate of drug-likeness (QED) is 0.761. The molecule has 0 spiro atoms. The molecule has 14 heavy (non-hydrogen) atoms. The fourth-order valence-electron chi connectivity index (χ4n) is 2.01. The summed E-state index contributed by atoms with van der Waals surface area (Å²) in [4.78, 5) is 0. The van der Waals surface area contributed by atoms with Gasteiger partial charge in [-0.3, -0.25) is 0 Å². The zero-order valence-corrected chi connectivity index (χ0v) is 8.37. The van der Waals surface area contributed by atoms with Crippen LogP contribution < -0.4 is 5.32 Å². The van der Waals surface area contributed by atoms with Crippen LogP contribution in [0.2, 0.25) is 0 Å². The molecule has 0 radical (unpaired) electrons. The van der Waals surface area contributed by atoms with E-state index in [1.165, 1.54) is 24.0 Å². The first kappa shape index (κ1) is 9.69. The van der Waals surface area contributed by atoms with Crippen molar-refractivity contribution in [2.45, 2.75) is 25.3 Å². The van der Waals surface area contributed by atoms with Gasteiger partial charge in [-0.1, -0.05) is 24.3 Å². The molecule has 0 unspecified atom stereocenters. The lowest BCUT2D eigenvalue weighted by Crippen LogP contribution is -2.12. The topological polar surface area (TPSA) is 32.3 Å². The lowest BCUT2D eigenvalue weighted by atomic mass is 10.0. The van der Waals surface area contributed by atoms with Gasteiger partial charge in [0.25, 0.3) is 0 Å². The molecule has 1 aromatic carbocycles. The molecule has 1 heterocycles. The Bertz CT molecular complexity index is 275. The van der Waals surface area contributed by atoms with E-state index < -0.39 is 0 Å². The van der Waals surface area contributed by atoms with Crippen LogP contribution in [0.1, 0.15) is 30.0 Å². The predicted molar refractivity (Wildman–Crippen MR) is 57.2 cm³/mol. The van der Waals surface area contributed by atoms with Crippen LogP contribution in [0.5, 0.6) is 0 Å². The van der Waals surface area contributed by atoms with Crippen LogP contribution in [-0.4, -0.2) is 18.3 Å². The highest BCUT2D eigenvalue weighted by Gasteiger charge is 2.15. The average Bonchev–Trinajstić information content (AvgIpc) is 2.72. The predicted octanol–water partition coefficient (Wildman–Crippen LogP) is 1.65. The van der Waals surface area contributed by atoms with Crippen LogP contribution >= 0.6 is 0 Å². The lowest BCUT2D eigenvalue weighted by Gasteiger charge is -2.10. The van der Waals surface area contributed by atoms with Crippen LogP contribution in [0.25, 0.3) is 0 Å². The van der Waals surface area contributed by atoms with Crippen LogP contribution in [0.15, 0.2) is 24.3 Å². The highest BCUT2D eigenvalue weighted by Crippen LogP contribution is 2.22. The normalized spacial score (nSPS) is 21.4. The van der Waals surface area contributed by atoms with E-state index in [0.717, 1.165) is 13.0 Å². The highest BCUT2D eigenvalue weighted by molar-refractivity contribution is 5.25. The monoisotopic (exact) mass is 191 g/mol. The van der Waals surface area contributed by atoms with Gasteiger partial charge in [0.15, 0.2) is 0 Å². The Kier molecular flexibility index (Phi) is 3.17. The van der Waals surface area contributed by atoms with Gasteiger partial charge in [0.2, 0.25) is 0 Å². The Morgan fingerprint density at radius 1 is 1.29 bits per heavy atom. The maximum absolute atomic E-state index is 8.79. The fourth-order valence-corrected chi connectivity index (χ4v) is 2.01. The number of nitrogens with one attached hydrogen (secondary N) is 1. The summed E-state index contributed by atoms with van der Waals surface area (Å²) in [7, 11) is 0. The molecule has 0 aliphatic carbocycles. The standard InChI is InChI=1S/C12H17NO/c14-9-7-10-3-5-11(6-4-10)12-2-1-8-13-12/h3-6,12-14H,1-2,7-9H2/t12-/m1/s1. The smallest absolute Gasteiger partial charge is 0.0471 e. The number of rotatable bonds is 3. The second-order valence-electron chi connectivity index (χ2n) is 3.86. The zero-order valence-electron chi connectivity index (χ0n) is 8.37. The first-order chi connectivity index (χ1) is 6.90. The lowest BCUT2D eigenvalue weighted by molar-refractivity contribution is 0.299. The van der Waals surface area contributed by atoms with Crippen LogP contribution in [0.4, 0.5) is 0 Å². The molecule has 2 rings (SSSR count). The second kappa shape index (κ2) is 4.58. The van der Waals surface area contributed by atoms with E-state index >= 15 is 0 Å². The first-order valence-corrected chi connectivity index (χ1v) is 5.33. The molecule has 1 aromatic rings. The molecule has 2 nitrogen and oxygen atoms in total. The van der Waals surface area contributed by atoms with Gasteiger partial charge < -0.3 is 10.4 Å². The molecular weight excluding hydrogens is 174 g/mol. The molecule has 2 N–H and O–H groups in total. The maximum Gasteiger partial charge on any atom is 0.0471 e. The summed E-state index contributed by atoms with van der Waals surface area (Å²) in [5.41, 5.74) is 2.60. The fraction of sp³-hybridized carbons (Fsp3) is 0.500. The summed E-state index contributed by atoms with van der Waals surface area (Å²) in [6.45, 7) is 1.38. The van der Waals surface area contributed by atoms with Crippen molar-refractivity contribution in [1.29, 1.82) is 0 Å². The zero-order chi connectivity index (χ0) is 9.80. The summed E-state index contributed by atoms with van der Waals surface area (Å²) < 4.78 is 0. The summed E-state index contributed by atoms with van der Waals surface area (Å²) in [5.74, 6) is 0. The van der Waals surface area contributed by atoms with E-state index in [-0.39, 0.29) is 6.61 Å². The largest absolute Gasteiger partial charge is 0.396 e. The van der Waals surface area contributed by atoms with E-state index in [2.05, 4.69) is 29.6 Å². The number of aliphatic hydroxyl groups excluding tert-OH is 1. The molecule has 76 valence electrons. The Labute approximate surface area is 85.0 Å². The summed E-state index contributed by atoms with van der Waals surface area (Å²) >= 11 is 0. The Morgan fingerprint density at radius 2 is 2.07 bits per heavy atom. The summed E-state index contributed by atoms with van der Waals surface area (Å²) in [6, 6.07) is 9.14. The van der Waals surface area contributed by atoms with Crippen molar-refractivity contribution in [3.8, 4) is 0 Å². The van der Waals surface area contributed by atoms with Crippen molar-refractivity contribution in [2.75, 3.05) is 13.2 Å². The third kappa shape index (κ3) is 2.14. The van der Waals surface area contributed by atoms with Gasteiger partial charge in [0.1, 0.15) is 0 Å². The molecule has 0 aromatic heterocycles. The van der Waals surface area contributed by atoms with Crippen molar-refractivity contribution in [3.05, 3.63) is 35.4 Å². The van der Waals surface area contributed by atoms with Crippen molar-refractivity contribution < 1.29 is 5.11 Å². The highest BCUT2D eigenvalue weighted by atomic mass is 16.2. The first-order valence-electron chi connectivity index (χ1n) is 5.33. The number of hydrogen-bond donors (Lipinski definition) is 2. The minimum absolute atomic E-state index is 0.237. The van der Waals surface area contributed by atoms with E-state index in [0.29, 0.717) is 6.04 Å². The van der Waals surface area contributed by atoms with Gasteiger partial charge in [-0.05, 0) is 36.9 Å². The average molecular weight is 191 g/mol. The van der Waals surface area contributed by atoms with Crippen LogP contribution in [0.3, 0.4) is 0 Å². The molecule has 0 bridgehead atoms. The molecule has 1 aliphatic heterocycles. The van der Waals surface area contributed by atoms with Crippen LogP contribution in [-0.2, 0) is 6.42 Å². The van der Waals surface area contributed by atoms with E-state index in [4.69, 9.17) is 5.11 Å². The van der Waals surface area contributed by atoms with E-state index in [1.54, 1.807) is 0 Å². The van der Waals surface area contributed by atoms with Gasteiger partial charge in [-0.25, -0.2) is 0 Å². The van der Waals surface area contributed by atoms with Crippen LogP contribution in [0, 0.1) is 0 Å². The second-order valence-corrected chi connectivity index (χ2v) is 3.86. The minimum Gasteiger partial charge on any atom is -0.396 e. The minimum atomic E-state index is 0.237. The number of benzene rings is 1. The van der Waals surface area contributed by atoms with Gasteiger partial charge in [-0.2, -0.15) is 0 Å². The van der Waals surface area contributed by atoms with Gasteiger partial charge in [0.05, 0.1) is 0 Å². The number of aliphatic hydroxyl groups is 1. The Balaban J connectivity index is 2.05. The SMILES string of the molecule is OCCc1ccc([C@H]2CCCN2)cc1. The third-order valence-electron chi connectivity index (χ3n) is 2.84. The molecular formula is C12H17NO.